The van der Waals surface area contributed by atoms with Crippen LogP contribution >= 0.6 is 0 Å². The third-order valence-electron chi connectivity index (χ3n) is 5.74. The molecule has 0 unspecified atom stereocenters. The molecule has 0 bridgehead atoms. The number of carbonyl (C=O) groups is 2. The maximum absolute atomic E-state index is 12.8. The van der Waals surface area contributed by atoms with Crippen molar-refractivity contribution >= 4 is 22.6 Å². The highest BCUT2D eigenvalue weighted by Gasteiger charge is 2.23. The number of fused-ring (bicyclic) bond motifs is 1. The number of aromatic nitrogens is 1. The van der Waals surface area contributed by atoms with Crippen molar-refractivity contribution in [2.75, 3.05) is 39.8 Å². The number of methoxy groups -OCH3 is 1. The summed E-state index contributed by atoms with van der Waals surface area (Å²) >= 11 is 0. The van der Waals surface area contributed by atoms with Crippen LogP contribution in [0.2, 0.25) is 0 Å². The molecule has 1 amide bonds. The van der Waals surface area contributed by atoms with Crippen molar-refractivity contribution in [3.8, 4) is 5.75 Å². The van der Waals surface area contributed by atoms with E-state index in [0.29, 0.717) is 32.5 Å². The smallest absolute Gasteiger partial charge is 0.222 e. The van der Waals surface area contributed by atoms with Gasteiger partial charge in [0.2, 0.25) is 5.91 Å². The number of hydrogen-bond donors (Lipinski definition) is 1. The molecule has 1 fully saturated rings. The molecule has 30 heavy (non-hydrogen) atoms. The molecule has 0 saturated carbocycles. The molecule has 3 aromatic rings. The minimum atomic E-state index is 0.116. The van der Waals surface area contributed by atoms with Gasteiger partial charge in [-0.15, -0.1) is 0 Å². The molecule has 2 heterocycles. The first-order chi connectivity index (χ1) is 14.6. The normalized spacial score (nSPS) is 14.8. The molecule has 4 rings (SSSR count). The lowest BCUT2D eigenvalue weighted by Crippen LogP contribution is -2.49. The number of piperazine rings is 1. The number of hydrogen-bond acceptors (Lipinski definition) is 4. The SMILES string of the molecule is COc1cccc(CCC(=O)N2CCN(CC(=O)c3c[nH]c4ccccc34)CC2)c1. The monoisotopic (exact) mass is 405 g/mol. The van der Waals surface area contributed by atoms with E-state index in [1.54, 1.807) is 13.3 Å². The number of rotatable bonds is 7. The van der Waals surface area contributed by atoms with Gasteiger partial charge in [0, 0.05) is 55.3 Å². The van der Waals surface area contributed by atoms with Crippen molar-refractivity contribution in [3.05, 3.63) is 65.9 Å². The summed E-state index contributed by atoms with van der Waals surface area (Å²) in [5, 5.41) is 0.967. The standard InChI is InChI=1S/C24H27N3O3/c1-30-19-6-4-5-18(15-19)9-10-24(29)27-13-11-26(12-14-27)17-23(28)21-16-25-22-8-3-2-7-20(21)22/h2-8,15-16,25H,9-14,17H2,1H3. The molecule has 1 saturated heterocycles. The third-order valence-corrected chi connectivity index (χ3v) is 5.74. The lowest BCUT2D eigenvalue weighted by atomic mass is 10.1. The van der Waals surface area contributed by atoms with Gasteiger partial charge < -0.3 is 14.6 Å². The summed E-state index contributed by atoms with van der Waals surface area (Å²) in [6, 6.07) is 15.7. The first-order valence-electron chi connectivity index (χ1n) is 10.4. The highest BCUT2D eigenvalue weighted by atomic mass is 16.5. The number of Topliss-reactive ketones (excluding diaryl/α,β-unsaturated/α-hetero) is 1. The van der Waals surface area contributed by atoms with Gasteiger partial charge in [0.15, 0.2) is 5.78 Å². The number of benzene rings is 2. The Morgan fingerprint density at radius 2 is 1.83 bits per heavy atom. The number of amides is 1. The van der Waals surface area contributed by atoms with Crippen LogP contribution < -0.4 is 4.74 Å². The van der Waals surface area contributed by atoms with Crippen LogP contribution in [0.15, 0.2) is 54.7 Å². The van der Waals surface area contributed by atoms with Crippen molar-refractivity contribution in [2.45, 2.75) is 12.8 Å². The average Bonchev–Trinajstić information content (AvgIpc) is 3.22. The maximum Gasteiger partial charge on any atom is 0.222 e. The first kappa shape index (κ1) is 20.2. The quantitative estimate of drug-likeness (QED) is 0.614. The predicted octanol–water partition coefficient (Wildman–Crippen LogP) is 3.14. The van der Waals surface area contributed by atoms with E-state index in [2.05, 4.69) is 9.88 Å². The summed E-state index contributed by atoms with van der Waals surface area (Å²) in [5.74, 6) is 1.10. The van der Waals surface area contributed by atoms with E-state index in [9.17, 15) is 9.59 Å². The zero-order chi connectivity index (χ0) is 20.9. The predicted molar refractivity (Wildman–Crippen MR) is 117 cm³/mol. The molecular weight excluding hydrogens is 378 g/mol. The van der Waals surface area contributed by atoms with E-state index in [4.69, 9.17) is 4.74 Å². The molecular formula is C24H27N3O3. The molecule has 1 aliphatic heterocycles. The fourth-order valence-electron chi connectivity index (χ4n) is 3.98. The zero-order valence-electron chi connectivity index (χ0n) is 17.3. The van der Waals surface area contributed by atoms with Crippen molar-refractivity contribution < 1.29 is 14.3 Å². The first-order valence-corrected chi connectivity index (χ1v) is 10.4. The number of nitrogens with one attached hydrogen (secondary N) is 1. The number of aryl methyl sites for hydroxylation is 1. The Balaban J connectivity index is 1.26. The molecule has 0 spiro atoms. The molecule has 6 heteroatoms. The fourth-order valence-corrected chi connectivity index (χ4v) is 3.98. The summed E-state index contributed by atoms with van der Waals surface area (Å²) in [6.45, 7) is 3.15. The number of ketones is 1. The fraction of sp³-hybridized carbons (Fsp3) is 0.333. The minimum absolute atomic E-state index is 0.116. The highest BCUT2D eigenvalue weighted by Crippen LogP contribution is 2.19. The second-order valence-corrected chi connectivity index (χ2v) is 7.68. The summed E-state index contributed by atoms with van der Waals surface area (Å²) in [6.07, 6.45) is 2.99. The zero-order valence-corrected chi connectivity index (χ0v) is 17.3. The Morgan fingerprint density at radius 1 is 1.03 bits per heavy atom. The Kier molecular flexibility index (Phi) is 6.14. The second-order valence-electron chi connectivity index (χ2n) is 7.68. The summed E-state index contributed by atoms with van der Waals surface area (Å²) in [4.78, 5) is 32.6. The van der Waals surface area contributed by atoms with E-state index in [1.165, 1.54) is 0 Å². The van der Waals surface area contributed by atoms with E-state index >= 15 is 0 Å². The summed E-state index contributed by atoms with van der Waals surface area (Å²) in [5.41, 5.74) is 2.82. The molecule has 2 aromatic carbocycles. The Labute approximate surface area is 176 Å². The topological polar surface area (TPSA) is 65.6 Å². The number of nitrogens with zero attached hydrogens (tertiary/aromatic N) is 2. The molecule has 0 radical (unpaired) electrons. The van der Waals surface area contributed by atoms with Gasteiger partial charge in [-0.1, -0.05) is 30.3 Å². The Morgan fingerprint density at radius 3 is 2.63 bits per heavy atom. The van der Waals surface area contributed by atoms with Crippen molar-refractivity contribution in [1.29, 1.82) is 0 Å². The van der Waals surface area contributed by atoms with E-state index < -0.39 is 0 Å². The molecule has 0 aliphatic carbocycles. The Hall–Kier alpha value is -3.12. The lowest BCUT2D eigenvalue weighted by molar-refractivity contribution is -0.132. The van der Waals surface area contributed by atoms with Gasteiger partial charge in [0.1, 0.15) is 5.75 Å². The van der Waals surface area contributed by atoms with Gasteiger partial charge in [0.25, 0.3) is 0 Å². The molecule has 0 atom stereocenters. The van der Waals surface area contributed by atoms with E-state index in [0.717, 1.165) is 40.9 Å². The van der Waals surface area contributed by atoms with Crippen LogP contribution in [0.4, 0.5) is 0 Å². The van der Waals surface area contributed by atoms with E-state index in [1.807, 2.05) is 53.4 Å². The molecule has 156 valence electrons. The van der Waals surface area contributed by atoms with Gasteiger partial charge in [0.05, 0.1) is 13.7 Å². The number of para-hydroxylation sites is 1. The largest absolute Gasteiger partial charge is 0.497 e. The van der Waals surface area contributed by atoms with E-state index in [-0.39, 0.29) is 11.7 Å². The van der Waals surface area contributed by atoms with Gasteiger partial charge in [-0.3, -0.25) is 14.5 Å². The summed E-state index contributed by atoms with van der Waals surface area (Å²) in [7, 11) is 1.65. The average molecular weight is 405 g/mol. The van der Waals surface area contributed by atoms with Gasteiger partial charge in [-0.05, 0) is 30.2 Å². The summed E-state index contributed by atoms with van der Waals surface area (Å²) < 4.78 is 5.24. The van der Waals surface area contributed by atoms with Crippen LogP contribution in [0.25, 0.3) is 10.9 Å². The maximum atomic E-state index is 12.8. The van der Waals surface area contributed by atoms with Crippen LogP contribution in [-0.2, 0) is 11.2 Å². The van der Waals surface area contributed by atoms with Gasteiger partial charge in [-0.2, -0.15) is 0 Å². The second kappa shape index (κ2) is 9.13. The minimum Gasteiger partial charge on any atom is -0.497 e. The molecule has 1 aliphatic rings. The van der Waals surface area contributed by atoms with Crippen LogP contribution in [0.3, 0.4) is 0 Å². The molecule has 6 nitrogen and oxygen atoms in total. The van der Waals surface area contributed by atoms with Crippen LogP contribution in [0.1, 0.15) is 22.3 Å². The van der Waals surface area contributed by atoms with Crippen molar-refractivity contribution in [3.63, 3.8) is 0 Å². The van der Waals surface area contributed by atoms with Gasteiger partial charge in [-0.25, -0.2) is 0 Å². The number of carbonyl (C=O) groups excluding carboxylic acids is 2. The molecule has 1 aromatic heterocycles. The van der Waals surface area contributed by atoms with Gasteiger partial charge >= 0.3 is 0 Å². The third kappa shape index (κ3) is 4.54. The number of aromatic amines is 1. The highest BCUT2D eigenvalue weighted by molar-refractivity contribution is 6.08. The lowest BCUT2D eigenvalue weighted by Gasteiger charge is -2.34. The van der Waals surface area contributed by atoms with Crippen LogP contribution in [-0.4, -0.2) is 66.3 Å². The number of H-pyrrole nitrogens is 1. The molecule has 1 N–H and O–H groups in total. The van der Waals surface area contributed by atoms with Crippen LogP contribution in [0, 0.1) is 0 Å². The van der Waals surface area contributed by atoms with Crippen molar-refractivity contribution in [2.24, 2.45) is 0 Å². The van der Waals surface area contributed by atoms with Crippen molar-refractivity contribution in [1.82, 2.24) is 14.8 Å². The number of ether oxygens (including phenoxy) is 1. The van der Waals surface area contributed by atoms with Crippen LogP contribution in [0.5, 0.6) is 5.75 Å². The Bertz CT molecular complexity index is 1030.